The molecule has 2 fully saturated rings. The second-order valence-corrected chi connectivity index (χ2v) is 5.77. The van der Waals surface area contributed by atoms with Crippen LogP contribution in [0, 0.1) is 5.41 Å². The average Bonchev–Trinajstić information content (AvgIpc) is 2.61. The number of aliphatic hydroxyl groups excluding tert-OH is 1. The van der Waals surface area contributed by atoms with Gasteiger partial charge < -0.3 is 5.11 Å². The first-order valence-corrected chi connectivity index (χ1v) is 5.96. The zero-order valence-corrected chi connectivity index (χ0v) is 9.66. The van der Waals surface area contributed by atoms with Gasteiger partial charge in [-0.15, -0.1) is 0 Å². The molecule has 1 saturated carbocycles. The molecule has 2 aliphatic rings. The van der Waals surface area contributed by atoms with Crippen LogP contribution < -0.4 is 0 Å². The van der Waals surface area contributed by atoms with Gasteiger partial charge in [0.25, 0.3) is 0 Å². The highest BCUT2D eigenvalue weighted by atomic mass is 16.3. The zero-order chi connectivity index (χ0) is 10.3. The van der Waals surface area contributed by atoms with Crippen LogP contribution in [0.1, 0.15) is 46.5 Å². The van der Waals surface area contributed by atoms with E-state index in [0.717, 1.165) is 0 Å². The molecular formula is C12H23NO. The third-order valence-electron chi connectivity index (χ3n) is 4.28. The molecule has 14 heavy (non-hydrogen) atoms. The van der Waals surface area contributed by atoms with E-state index in [2.05, 4.69) is 25.7 Å². The molecule has 0 bridgehead atoms. The lowest BCUT2D eigenvalue weighted by Gasteiger charge is -2.34. The normalized spacial score (nSPS) is 43.3. The predicted octanol–water partition coefficient (Wildman–Crippen LogP) is 2.02. The fraction of sp³-hybridized carbons (Fsp3) is 1.00. The number of nitrogens with zero attached hydrogens (tertiary/aromatic N) is 1. The van der Waals surface area contributed by atoms with E-state index in [1.54, 1.807) is 0 Å². The number of aliphatic hydroxyl groups is 1. The zero-order valence-electron chi connectivity index (χ0n) is 9.66. The first-order chi connectivity index (χ1) is 6.52. The maximum atomic E-state index is 10.3. The summed E-state index contributed by atoms with van der Waals surface area (Å²) in [6, 6.07) is 1.12. The molecule has 2 rings (SSSR count). The van der Waals surface area contributed by atoms with Gasteiger partial charge in [-0.1, -0.05) is 13.8 Å². The molecule has 3 atom stereocenters. The van der Waals surface area contributed by atoms with Crippen LogP contribution in [-0.2, 0) is 0 Å². The van der Waals surface area contributed by atoms with Crippen molar-refractivity contribution >= 4 is 0 Å². The minimum Gasteiger partial charge on any atom is -0.391 e. The second-order valence-electron chi connectivity index (χ2n) is 5.77. The van der Waals surface area contributed by atoms with Gasteiger partial charge in [-0.2, -0.15) is 0 Å². The van der Waals surface area contributed by atoms with Gasteiger partial charge >= 0.3 is 0 Å². The molecule has 82 valence electrons. The largest absolute Gasteiger partial charge is 0.391 e. The van der Waals surface area contributed by atoms with Crippen LogP contribution in [0.15, 0.2) is 0 Å². The summed E-state index contributed by atoms with van der Waals surface area (Å²) in [5.41, 5.74) is 0.132. The standard InChI is InChI=1S/C12H23NO/c1-9-5-4-8-13(9)10-6-7-12(2,3)11(10)14/h9-11,14H,4-8H2,1-3H3. The maximum absolute atomic E-state index is 10.3. The van der Waals surface area contributed by atoms with Crippen molar-refractivity contribution in [3.8, 4) is 0 Å². The smallest absolute Gasteiger partial charge is 0.0746 e. The van der Waals surface area contributed by atoms with Gasteiger partial charge in [-0.3, -0.25) is 4.90 Å². The Kier molecular flexibility index (Phi) is 2.61. The quantitative estimate of drug-likeness (QED) is 0.695. The summed E-state index contributed by atoms with van der Waals surface area (Å²) in [6.45, 7) is 7.88. The van der Waals surface area contributed by atoms with Crippen molar-refractivity contribution in [2.24, 2.45) is 5.41 Å². The summed E-state index contributed by atoms with van der Waals surface area (Å²) < 4.78 is 0. The number of rotatable bonds is 1. The molecule has 0 radical (unpaired) electrons. The second kappa shape index (κ2) is 3.49. The van der Waals surface area contributed by atoms with Crippen LogP contribution >= 0.6 is 0 Å². The Morgan fingerprint density at radius 3 is 2.43 bits per heavy atom. The lowest BCUT2D eigenvalue weighted by molar-refractivity contribution is 0.0123. The van der Waals surface area contributed by atoms with Crippen LogP contribution in [0.2, 0.25) is 0 Å². The molecule has 1 aliphatic carbocycles. The fourth-order valence-electron chi connectivity index (χ4n) is 3.14. The Morgan fingerprint density at radius 2 is 2.00 bits per heavy atom. The van der Waals surface area contributed by atoms with E-state index >= 15 is 0 Å². The Labute approximate surface area is 87.3 Å². The van der Waals surface area contributed by atoms with Crippen molar-refractivity contribution in [1.82, 2.24) is 4.90 Å². The van der Waals surface area contributed by atoms with Gasteiger partial charge in [0.2, 0.25) is 0 Å². The highest BCUT2D eigenvalue weighted by Crippen LogP contribution is 2.41. The van der Waals surface area contributed by atoms with E-state index in [4.69, 9.17) is 0 Å². The maximum Gasteiger partial charge on any atom is 0.0746 e. The molecule has 0 aromatic carbocycles. The number of hydrogen-bond donors (Lipinski definition) is 1. The van der Waals surface area contributed by atoms with Crippen LogP contribution in [0.3, 0.4) is 0 Å². The van der Waals surface area contributed by atoms with E-state index in [1.807, 2.05) is 0 Å². The summed E-state index contributed by atoms with van der Waals surface area (Å²) in [4.78, 5) is 2.53. The van der Waals surface area contributed by atoms with Gasteiger partial charge in [0, 0.05) is 12.1 Å². The van der Waals surface area contributed by atoms with Crippen molar-refractivity contribution in [1.29, 1.82) is 0 Å². The topological polar surface area (TPSA) is 23.5 Å². The highest BCUT2D eigenvalue weighted by molar-refractivity contribution is 4.98. The van der Waals surface area contributed by atoms with Crippen LogP contribution in [0.5, 0.6) is 0 Å². The first-order valence-electron chi connectivity index (χ1n) is 5.96. The lowest BCUT2D eigenvalue weighted by atomic mass is 9.88. The summed E-state index contributed by atoms with van der Waals surface area (Å²) >= 11 is 0. The summed E-state index contributed by atoms with van der Waals surface area (Å²) in [7, 11) is 0. The molecule has 1 aliphatic heterocycles. The molecule has 3 unspecified atom stereocenters. The fourth-order valence-corrected chi connectivity index (χ4v) is 3.14. The van der Waals surface area contributed by atoms with E-state index < -0.39 is 0 Å². The Hall–Kier alpha value is -0.0800. The van der Waals surface area contributed by atoms with Crippen molar-refractivity contribution < 1.29 is 5.11 Å². The third-order valence-corrected chi connectivity index (χ3v) is 4.28. The monoisotopic (exact) mass is 197 g/mol. The van der Waals surface area contributed by atoms with Gasteiger partial charge in [-0.25, -0.2) is 0 Å². The molecule has 0 spiro atoms. The Bertz CT molecular complexity index is 214. The average molecular weight is 197 g/mol. The molecule has 2 nitrogen and oxygen atoms in total. The van der Waals surface area contributed by atoms with Crippen molar-refractivity contribution in [2.45, 2.75) is 64.6 Å². The van der Waals surface area contributed by atoms with Crippen LogP contribution in [0.4, 0.5) is 0 Å². The van der Waals surface area contributed by atoms with Gasteiger partial charge in [0.15, 0.2) is 0 Å². The molecule has 0 aromatic rings. The molecule has 1 heterocycles. The van der Waals surface area contributed by atoms with E-state index in [1.165, 1.54) is 32.2 Å². The van der Waals surface area contributed by atoms with E-state index in [9.17, 15) is 5.11 Å². The molecule has 1 saturated heterocycles. The van der Waals surface area contributed by atoms with E-state index in [-0.39, 0.29) is 11.5 Å². The van der Waals surface area contributed by atoms with Crippen molar-refractivity contribution in [3.63, 3.8) is 0 Å². The Morgan fingerprint density at radius 1 is 1.29 bits per heavy atom. The lowest BCUT2D eigenvalue weighted by Crippen LogP contribution is -2.45. The molecule has 1 N–H and O–H groups in total. The number of hydrogen-bond acceptors (Lipinski definition) is 2. The Balaban J connectivity index is 2.06. The molecule has 0 aromatic heterocycles. The molecule has 2 heteroatoms. The summed E-state index contributed by atoms with van der Waals surface area (Å²) in [5, 5.41) is 10.3. The van der Waals surface area contributed by atoms with E-state index in [0.29, 0.717) is 12.1 Å². The summed E-state index contributed by atoms with van der Waals surface area (Å²) in [6.07, 6.45) is 4.85. The van der Waals surface area contributed by atoms with Crippen LogP contribution in [0.25, 0.3) is 0 Å². The summed E-state index contributed by atoms with van der Waals surface area (Å²) in [5.74, 6) is 0. The highest BCUT2D eigenvalue weighted by Gasteiger charge is 2.45. The first kappa shape index (κ1) is 10.4. The molecule has 0 amide bonds. The van der Waals surface area contributed by atoms with Crippen molar-refractivity contribution in [2.75, 3.05) is 6.54 Å². The predicted molar refractivity (Wildman–Crippen MR) is 58.2 cm³/mol. The molecular weight excluding hydrogens is 174 g/mol. The number of likely N-dealkylation sites (tertiary alicyclic amines) is 1. The SMILES string of the molecule is CC1CCCN1C1CCC(C)(C)C1O. The van der Waals surface area contributed by atoms with Crippen LogP contribution in [-0.4, -0.2) is 34.7 Å². The minimum absolute atomic E-state index is 0.122. The third kappa shape index (κ3) is 1.59. The minimum atomic E-state index is -0.122. The van der Waals surface area contributed by atoms with Crippen molar-refractivity contribution in [3.05, 3.63) is 0 Å². The van der Waals surface area contributed by atoms with Gasteiger partial charge in [-0.05, 0) is 44.6 Å². The van der Waals surface area contributed by atoms with Gasteiger partial charge in [0.1, 0.15) is 0 Å². The van der Waals surface area contributed by atoms with Gasteiger partial charge in [0.05, 0.1) is 6.10 Å².